The quantitative estimate of drug-likeness (QED) is 0.582. The van der Waals surface area contributed by atoms with E-state index >= 15 is 0 Å². The first-order valence-corrected chi connectivity index (χ1v) is 4.05. The number of nitrogens with one attached hydrogen (secondary N) is 1. The molecular formula is C6H6N2O4S. The molecule has 0 atom stereocenters. The molecule has 0 aliphatic rings. The maximum atomic E-state index is 10.6. The van der Waals surface area contributed by atoms with Gasteiger partial charge in [-0.2, -0.15) is 0 Å². The van der Waals surface area contributed by atoms with E-state index in [2.05, 4.69) is 9.98 Å². The van der Waals surface area contributed by atoms with E-state index in [1.807, 2.05) is 0 Å². The summed E-state index contributed by atoms with van der Waals surface area (Å²) in [6, 6.07) is 0. The third kappa shape index (κ3) is 2.71. The second-order valence-electron chi connectivity index (χ2n) is 2.09. The Labute approximate surface area is 76.2 Å². The fourth-order valence-electron chi connectivity index (χ4n) is 0.626. The molecule has 0 amide bonds. The van der Waals surface area contributed by atoms with Crippen molar-refractivity contribution in [3.63, 3.8) is 0 Å². The highest BCUT2D eigenvalue weighted by molar-refractivity contribution is 7.11. The molecule has 0 aliphatic heterocycles. The van der Waals surface area contributed by atoms with Crippen LogP contribution < -0.4 is 4.87 Å². The van der Waals surface area contributed by atoms with E-state index in [-0.39, 0.29) is 17.3 Å². The molecule has 1 heterocycles. The third-order valence-corrected chi connectivity index (χ3v) is 1.90. The summed E-state index contributed by atoms with van der Waals surface area (Å²) in [7, 11) is 0. The molecule has 0 aliphatic carbocycles. The fourth-order valence-corrected chi connectivity index (χ4v) is 1.25. The molecule has 0 fully saturated rings. The van der Waals surface area contributed by atoms with Gasteiger partial charge in [0.25, 0.3) is 0 Å². The molecule has 0 saturated carbocycles. The number of aliphatic carboxylic acids is 1. The summed E-state index contributed by atoms with van der Waals surface area (Å²) in [4.78, 5) is 26.1. The minimum absolute atomic E-state index is 0.228. The van der Waals surface area contributed by atoms with Gasteiger partial charge in [-0.3, -0.25) is 19.6 Å². The van der Waals surface area contributed by atoms with Gasteiger partial charge in [0.1, 0.15) is 11.4 Å². The Kier molecular flexibility index (Phi) is 2.80. The Morgan fingerprint density at radius 2 is 2.38 bits per heavy atom. The lowest BCUT2D eigenvalue weighted by Gasteiger charge is -1.85. The maximum Gasteiger partial charge on any atom is 0.325 e. The number of carboxylic acid groups (broad SMARTS) is 1. The predicted octanol–water partition coefficient (Wildman–Crippen LogP) is -0.354. The Bertz CT molecular complexity index is 392. The van der Waals surface area contributed by atoms with Crippen molar-refractivity contribution < 1.29 is 15.0 Å². The zero-order valence-electron chi connectivity index (χ0n) is 6.35. The van der Waals surface area contributed by atoms with Crippen LogP contribution in [0.1, 0.15) is 4.88 Å². The van der Waals surface area contributed by atoms with Crippen LogP contribution in [0, 0.1) is 0 Å². The summed E-state index contributed by atoms with van der Waals surface area (Å²) >= 11 is 0.763. The highest BCUT2D eigenvalue weighted by Crippen LogP contribution is 2.11. The Hall–Kier alpha value is -1.63. The van der Waals surface area contributed by atoms with E-state index in [1.54, 1.807) is 0 Å². The van der Waals surface area contributed by atoms with Crippen molar-refractivity contribution in [3.8, 4) is 5.88 Å². The van der Waals surface area contributed by atoms with Gasteiger partial charge in [-0.25, -0.2) is 0 Å². The molecule has 1 rings (SSSR count). The minimum Gasteiger partial charge on any atom is -0.493 e. The van der Waals surface area contributed by atoms with E-state index in [9.17, 15) is 9.59 Å². The molecule has 0 saturated heterocycles. The van der Waals surface area contributed by atoms with Gasteiger partial charge in [-0.05, 0) is 0 Å². The molecule has 0 radical (unpaired) electrons. The van der Waals surface area contributed by atoms with Crippen molar-refractivity contribution in [2.24, 2.45) is 4.99 Å². The second-order valence-corrected chi connectivity index (χ2v) is 3.11. The molecule has 13 heavy (non-hydrogen) atoms. The van der Waals surface area contributed by atoms with Crippen LogP contribution in [0.5, 0.6) is 5.88 Å². The van der Waals surface area contributed by atoms with Gasteiger partial charge >= 0.3 is 10.8 Å². The van der Waals surface area contributed by atoms with Crippen LogP contribution in [0.4, 0.5) is 0 Å². The summed E-state index contributed by atoms with van der Waals surface area (Å²) < 4.78 is 0. The fraction of sp³-hybridized carbons (Fsp3) is 0.167. The first-order chi connectivity index (χ1) is 6.09. The van der Waals surface area contributed by atoms with Crippen LogP contribution in [0.15, 0.2) is 9.79 Å². The lowest BCUT2D eigenvalue weighted by Crippen LogP contribution is -1.98. The van der Waals surface area contributed by atoms with E-state index < -0.39 is 10.8 Å². The van der Waals surface area contributed by atoms with Crippen molar-refractivity contribution in [1.29, 1.82) is 0 Å². The number of nitrogens with zero attached hydrogens (tertiary/aromatic N) is 1. The van der Waals surface area contributed by atoms with E-state index in [1.165, 1.54) is 0 Å². The summed E-state index contributed by atoms with van der Waals surface area (Å²) in [6.07, 6.45) is 1.14. The molecule has 1 aromatic heterocycles. The molecule has 1 aromatic rings. The van der Waals surface area contributed by atoms with Crippen LogP contribution in [0.3, 0.4) is 0 Å². The maximum absolute atomic E-state index is 10.6. The Morgan fingerprint density at radius 3 is 2.85 bits per heavy atom. The van der Waals surface area contributed by atoms with Gasteiger partial charge in [-0.1, -0.05) is 11.3 Å². The largest absolute Gasteiger partial charge is 0.493 e. The van der Waals surface area contributed by atoms with E-state index in [0.29, 0.717) is 0 Å². The molecule has 6 nitrogen and oxygen atoms in total. The number of rotatable bonds is 3. The summed E-state index contributed by atoms with van der Waals surface area (Å²) in [6.45, 7) is -0.383. The minimum atomic E-state index is -1.07. The number of carbonyl (C=O) groups is 1. The van der Waals surface area contributed by atoms with Crippen molar-refractivity contribution in [1.82, 2.24) is 4.98 Å². The molecule has 0 aromatic carbocycles. The van der Waals surface area contributed by atoms with Crippen LogP contribution in [0.25, 0.3) is 0 Å². The number of aromatic hydroxyl groups is 1. The topological polar surface area (TPSA) is 103 Å². The lowest BCUT2D eigenvalue weighted by atomic mass is 10.5. The number of hydrogen-bond donors (Lipinski definition) is 3. The van der Waals surface area contributed by atoms with Gasteiger partial charge < -0.3 is 10.2 Å². The molecule has 7 heteroatoms. The van der Waals surface area contributed by atoms with Crippen LogP contribution in [-0.2, 0) is 4.79 Å². The molecule has 70 valence electrons. The molecule has 0 bridgehead atoms. The average molecular weight is 202 g/mol. The van der Waals surface area contributed by atoms with Crippen molar-refractivity contribution in [2.75, 3.05) is 6.54 Å². The predicted molar refractivity (Wildman–Crippen MR) is 46.7 cm³/mol. The second kappa shape index (κ2) is 3.85. The first kappa shape index (κ1) is 9.46. The first-order valence-electron chi connectivity index (χ1n) is 3.23. The molecule has 3 N–H and O–H groups in total. The normalized spacial score (nSPS) is 10.8. The van der Waals surface area contributed by atoms with E-state index in [0.717, 1.165) is 17.6 Å². The van der Waals surface area contributed by atoms with Crippen molar-refractivity contribution >= 4 is 23.5 Å². The lowest BCUT2D eigenvalue weighted by molar-refractivity contribution is -0.135. The number of carboxylic acids is 1. The van der Waals surface area contributed by atoms with E-state index in [4.69, 9.17) is 10.2 Å². The van der Waals surface area contributed by atoms with Gasteiger partial charge in [-0.15, -0.1) is 0 Å². The highest BCUT2D eigenvalue weighted by atomic mass is 32.1. The van der Waals surface area contributed by atoms with Gasteiger partial charge in [0.2, 0.25) is 5.88 Å². The Morgan fingerprint density at radius 1 is 1.69 bits per heavy atom. The van der Waals surface area contributed by atoms with Crippen LogP contribution in [-0.4, -0.2) is 33.9 Å². The molecule has 0 spiro atoms. The van der Waals surface area contributed by atoms with Gasteiger partial charge in [0.05, 0.1) is 0 Å². The third-order valence-electron chi connectivity index (χ3n) is 1.09. The number of hydrogen-bond acceptors (Lipinski definition) is 5. The monoisotopic (exact) mass is 202 g/mol. The SMILES string of the molecule is O=C(O)CN=Cc1sc(=O)[nH]c1O. The molecular weight excluding hydrogens is 196 g/mol. The summed E-state index contributed by atoms with van der Waals surface area (Å²) in [5.41, 5.74) is 0. The Balaban J connectivity index is 2.74. The average Bonchev–Trinajstić information content (AvgIpc) is 2.29. The van der Waals surface area contributed by atoms with Crippen molar-refractivity contribution in [2.45, 2.75) is 0 Å². The zero-order chi connectivity index (χ0) is 9.84. The number of aliphatic imine (C=N–C) groups is 1. The van der Waals surface area contributed by atoms with Crippen LogP contribution >= 0.6 is 11.3 Å². The molecule has 0 unspecified atom stereocenters. The summed E-state index contributed by atoms with van der Waals surface area (Å²) in [5, 5.41) is 17.2. The van der Waals surface area contributed by atoms with Crippen LogP contribution in [0.2, 0.25) is 0 Å². The number of aromatic nitrogens is 1. The zero-order valence-corrected chi connectivity index (χ0v) is 7.17. The number of H-pyrrole nitrogens is 1. The van der Waals surface area contributed by atoms with Gasteiger partial charge in [0.15, 0.2) is 0 Å². The summed E-state index contributed by atoms with van der Waals surface area (Å²) in [5.74, 6) is -1.36. The standard InChI is InChI=1S/C6H6N2O4S/c9-4(10)2-7-1-3-5(11)8-6(12)13-3/h1,11H,2H2,(H,8,12)(H,9,10). The highest BCUT2D eigenvalue weighted by Gasteiger charge is 2.02. The number of aromatic amines is 1. The van der Waals surface area contributed by atoms with Gasteiger partial charge in [0, 0.05) is 6.21 Å². The van der Waals surface area contributed by atoms with Crippen molar-refractivity contribution in [3.05, 3.63) is 14.5 Å². The smallest absolute Gasteiger partial charge is 0.325 e. The number of thiazole rings is 1.